The number of rotatable bonds is 3. The van der Waals surface area contributed by atoms with Crippen LogP contribution in [-0.2, 0) is 0 Å². The molecule has 10 heavy (non-hydrogen) atoms. The Morgan fingerprint density at radius 1 is 1.00 bits per heavy atom. The lowest BCUT2D eigenvalue weighted by Gasteiger charge is -2.05. The predicted molar refractivity (Wildman–Crippen MR) is 46.0 cm³/mol. The molecule has 0 spiro atoms. The molecule has 0 heteroatoms. The summed E-state index contributed by atoms with van der Waals surface area (Å²) in [7, 11) is 0. The first-order chi connectivity index (χ1) is 4.70. The Hall–Kier alpha value is 0. The largest absolute Gasteiger partial charge is 0.0651 e. The molecular formula is C10H20. The van der Waals surface area contributed by atoms with E-state index in [0.29, 0.717) is 0 Å². The van der Waals surface area contributed by atoms with Gasteiger partial charge in [0.1, 0.15) is 0 Å². The Balaban J connectivity index is 2.50. The molecule has 1 aliphatic carbocycles. The molecule has 0 N–H and O–H groups in total. The van der Waals surface area contributed by atoms with Crippen molar-refractivity contribution in [1.29, 1.82) is 0 Å². The molecular weight excluding hydrogens is 120 g/mol. The molecule has 1 aliphatic rings. The lowest BCUT2D eigenvalue weighted by Crippen LogP contribution is -1.95. The van der Waals surface area contributed by atoms with Crippen LogP contribution in [0.5, 0.6) is 0 Å². The van der Waals surface area contributed by atoms with E-state index in [0.717, 1.165) is 17.3 Å². The maximum Gasteiger partial charge on any atom is -0.0266 e. The van der Waals surface area contributed by atoms with Gasteiger partial charge in [-0.15, -0.1) is 0 Å². The molecule has 2 unspecified atom stereocenters. The van der Waals surface area contributed by atoms with Crippen LogP contribution in [0, 0.1) is 17.3 Å². The van der Waals surface area contributed by atoms with Gasteiger partial charge in [-0.1, -0.05) is 47.0 Å². The Labute approximate surface area is 65.0 Å². The van der Waals surface area contributed by atoms with Crippen molar-refractivity contribution in [3.63, 3.8) is 0 Å². The van der Waals surface area contributed by atoms with Gasteiger partial charge in [-0.3, -0.25) is 0 Å². The average Bonchev–Trinajstić information content (AvgIpc) is 2.56. The number of hydrogen-bond donors (Lipinski definition) is 0. The quantitative estimate of drug-likeness (QED) is 0.563. The summed E-state index contributed by atoms with van der Waals surface area (Å²) in [6.07, 6.45) is 4.16. The van der Waals surface area contributed by atoms with Crippen LogP contribution in [0.1, 0.15) is 47.0 Å². The van der Waals surface area contributed by atoms with Gasteiger partial charge in [0.15, 0.2) is 0 Å². The van der Waals surface area contributed by atoms with Gasteiger partial charge in [0.2, 0.25) is 0 Å². The van der Waals surface area contributed by atoms with E-state index < -0.39 is 0 Å². The molecule has 1 saturated carbocycles. The van der Waals surface area contributed by atoms with Crippen molar-refractivity contribution < 1.29 is 0 Å². The van der Waals surface area contributed by atoms with Crippen molar-refractivity contribution in [2.75, 3.05) is 0 Å². The third kappa shape index (κ3) is 0.889. The molecule has 0 amide bonds. The second-order valence-corrected chi connectivity index (χ2v) is 3.89. The lowest BCUT2D eigenvalue weighted by atomic mass is 10.0. The topological polar surface area (TPSA) is 0 Å². The van der Waals surface area contributed by atoms with E-state index in [4.69, 9.17) is 0 Å². The van der Waals surface area contributed by atoms with E-state index >= 15 is 0 Å². The monoisotopic (exact) mass is 140 g/mol. The van der Waals surface area contributed by atoms with Crippen molar-refractivity contribution in [3.8, 4) is 0 Å². The molecule has 0 aromatic carbocycles. The fraction of sp³-hybridized carbons (Fsp3) is 1.00. The molecule has 0 saturated heterocycles. The second-order valence-electron chi connectivity index (χ2n) is 3.89. The van der Waals surface area contributed by atoms with Gasteiger partial charge in [0, 0.05) is 0 Å². The molecule has 60 valence electrons. The van der Waals surface area contributed by atoms with Crippen molar-refractivity contribution in [3.05, 3.63) is 0 Å². The molecule has 1 fully saturated rings. The van der Waals surface area contributed by atoms with Crippen LogP contribution in [0.25, 0.3) is 0 Å². The first kappa shape index (κ1) is 8.10. The minimum Gasteiger partial charge on any atom is -0.0651 e. The summed E-state index contributed by atoms with van der Waals surface area (Å²) in [6.45, 7) is 9.44. The van der Waals surface area contributed by atoms with E-state index in [1.165, 1.54) is 19.3 Å². The van der Waals surface area contributed by atoms with Crippen LogP contribution in [-0.4, -0.2) is 0 Å². The fourth-order valence-electron chi connectivity index (χ4n) is 2.79. The number of hydrogen-bond acceptors (Lipinski definition) is 0. The zero-order chi connectivity index (χ0) is 7.78. The van der Waals surface area contributed by atoms with Gasteiger partial charge in [-0.05, 0) is 17.3 Å². The Bertz CT molecular complexity index is 105. The van der Waals surface area contributed by atoms with Crippen molar-refractivity contribution in [1.82, 2.24) is 0 Å². The molecule has 0 nitrogen and oxygen atoms in total. The molecule has 1 rings (SSSR count). The summed E-state index contributed by atoms with van der Waals surface area (Å²) in [5.74, 6) is 2.09. The summed E-state index contributed by atoms with van der Waals surface area (Å²) in [5.41, 5.74) is 0.726. The summed E-state index contributed by atoms with van der Waals surface area (Å²) >= 11 is 0. The van der Waals surface area contributed by atoms with Crippen LogP contribution in [0.4, 0.5) is 0 Å². The molecule has 0 aliphatic heterocycles. The molecule has 0 bridgehead atoms. The second kappa shape index (κ2) is 2.56. The minimum absolute atomic E-state index is 0.726. The maximum atomic E-state index is 2.45. The van der Waals surface area contributed by atoms with Crippen LogP contribution < -0.4 is 0 Å². The van der Waals surface area contributed by atoms with Gasteiger partial charge in [0.05, 0.1) is 0 Å². The highest BCUT2D eigenvalue weighted by molar-refractivity contribution is 5.05. The zero-order valence-electron chi connectivity index (χ0n) is 7.78. The summed E-state index contributed by atoms with van der Waals surface area (Å²) < 4.78 is 0. The van der Waals surface area contributed by atoms with Crippen LogP contribution in [0.2, 0.25) is 0 Å². The van der Waals surface area contributed by atoms with Crippen LogP contribution >= 0.6 is 0 Å². The fourth-order valence-corrected chi connectivity index (χ4v) is 2.79. The SMILES string of the molecule is CCC1C(CC)C1(C)CC. The lowest BCUT2D eigenvalue weighted by molar-refractivity contribution is 0.453. The van der Waals surface area contributed by atoms with E-state index in [1.54, 1.807) is 0 Å². The third-order valence-corrected chi connectivity index (χ3v) is 3.71. The van der Waals surface area contributed by atoms with Crippen molar-refractivity contribution in [2.24, 2.45) is 17.3 Å². The van der Waals surface area contributed by atoms with Gasteiger partial charge < -0.3 is 0 Å². The Morgan fingerprint density at radius 2 is 1.40 bits per heavy atom. The van der Waals surface area contributed by atoms with Crippen molar-refractivity contribution >= 4 is 0 Å². The summed E-state index contributed by atoms with van der Waals surface area (Å²) in [4.78, 5) is 0. The average molecular weight is 140 g/mol. The normalized spacial score (nSPS) is 45.6. The van der Waals surface area contributed by atoms with E-state index in [1.807, 2.05) is 0 Å². The van der Waals surface area contributed by atoms with Crippen LogP contribution in [0.15, 0.2) is 0 Å². The molecule has 0 aromatic heterocycles. The molecule has 0 heterocycles. The minimum atomic E-state index is 0.726. The third-order valence-electron chi connectivity index (χ3n) is 3.71. The van der Waals surface area contributed by atoms with E-state index in [9.17, 15) is 0 Å². The Kier molecular flexibility index (Phi) is 2.07. The summed E-state index contributed by atoms with van der Waals surface area (Å²) in [6, 6.07) is 0. The summed E-state index contributed by atoms with van der Waals surface area (Å²) in [5, 5.41) is 0. The highest BCUT2D eigenvalue weighted by Gasteiger charge is 2.56. The highest BCUT2D eigenvalue weighted by Crippen LogP contribution is 2.63. The first-order valence-electron chi connectivity index (χ1n) is 4.70. The predicted octanol–water partition coefficient (Wildman–Crippen LogP) is 3.47. The molecule has 2 atom stereocenters. The first-order valence-corrected chi connectivity index (χ1v) is 4.70. The van der Waals surface area contributed by atoms with Gasteiger partial charge >= 0.3 is 0 Å². The van der Waals surface area contributed by atoms with E-state index in [-0.39, 0.29) is 0 Å². The standard InChI is InChI=1S/C10H20/c1-5-8-9(6-2)10(8,4)7-3/h8-9H,5-7H2,1-4H3. The molecule has 0 radical (unpaired) electrons. The van der Waals surface area contributed by atoms with E-state index in [2.05, 4.69) is 27.7 Å². The molecule has 0 aromatic rings. The van der Waals surface area contributed by atoms with Gasteiger partial charge in [0.25, 0.3) is 0 Å². The Morgan fingerprint density at radius 3 is 1.50 bits per heavy atom. The van der Waals surface area contributed by atoms with Gasteiger partial charge in [-0.2, -0.15) is 0 Å². The van der Waals surface area contributed by atoms with Gasteiger partial charge in [-0.25, -0.2) is 0 Å². The highest BCUT2D eigenvalue weighted by atomic mass is 14.6. The smallest absolute Gasteiger partial charge is 0.0266 e. The van der Waals surface area contributed by atoms with Crippen molar-refractivity contribution in [2.45, 2.75) is 47.0 Å². The van der Waals surface area contributed by atoms with Crippen LogP contribution in [0.3, 0.4) is 0 Å². The maximum absolute atomic E-state index is 2.45. The zero-order valence-corrected chi connectivity index (χ0v) is 7.78.